The number of nitrogen functional groups attached to an aromatic ring is 1. The number of aromatic nitrogens is 3. The molecule has 2 aromatic carbocycles. The number of alkyl halides is 3. The first-order valence-corrected chi connectivity index (χ1v) is 10.4. The van der Waals surface area contributed by atoms with Gasteiger partial charge in [0.1, 0.15) is 0 Å². The van der Waals surface area contributed by atoms with Gasteiger partial charge in [-0.05, 0) is 30.7 Å². The summed E-state index contributed by atoms with van der Waals surface area (Å²) in [6, 6.07) is 12.1. The van der Waals surface area contributed by atoms with Crippen molar-refractivity contribution in [3.8, 4) is 0 Å². The van der Waals surface area contributed by atoms with Crippen LogP contribution in [0.4, 0.5) is 24.8 Å². The summed E-state index contributed by atoms with van der Waals surface area (Å²) in [5.41, 5.74) is 3.23. The number of nitrogens with two attached hydrogens (primary N) is 1. The fourth-order valence-corrected chi connectivity index (χ4v) is 3.26. The highest BCUT2D eigenvalue weighted by atomic mass is 35.5. The normalized spacial score (nSPS) is 12.0. The maximum Gasteiger partial charge on any atom is 0.416 e. The highest BCUT2D eigenvalue weighted by Crippen LogP contribution is 2.34. The van der Waals surface area contributed by atoms with Crippen molar-refractivity contribution in [3.63, 3.8) is 0 Å². The first-order chi connectivity index (χ1) is 15.1. The summed E-state index contributed by atoms with van der Waals surface area (Å²) < 4.78 is 39.7. The van der Waals surface area contributed by atoms with Gasteiger partial charge in [-0.25, -0.2) is 10.1 Å². The molecule has 0 aliphatic heterocycles. The van der Waals surface area contributed by atoms with Gasteiger partial charge in [-0.2, -0.15) is 18.3 Å². The quantitative estimate of drug-likeness (QED) is 0.201. The molecule has 0 saturated heterocycles. The molecule has 4 N–H and O–H groups in total. The molecule has 0 fully saturated rings. The SMILES string of the molecule is C/C(=N\Nc1nnc(SCC(=O)Nc2cc(C(F)(F)F)ccc2Cl)n1N)c1ccccc1. The predicted octanol–water partition coefficient (Wildman–Crippen LogP) is 4.23. The van der Waals surface area contributed by atoms with Crippen molar-refractivity contribution >= 4 is 46.6 Å². The van der Waals surface area contributed by atoms with E-state index in [1.165, 1.54) is 0 Å². The number of anilines is 2. The third kappa shape index (κ3) is 5.92. The summed E-state index contributed by atoms with van der Waals surface area (Å²) in [7, 11) is 0. The molecule has 1 amide bonds. The molecular formula is C19H17ClF3N7OS. The van der Waals surface area contributed by atoms with E-state index in [9.17, 15) is 18.0 Å². The molecule has 0 unspecified atom stereocenters. The Balaban J connectivity index is 1.60. The van der Waals surface area contributed by atoms with Crippen molar-refractivity contribution < 1.29 is 18.0 Å². The molecule has 0 atom stereocenters. The largest absolute Gasteiger partial charge is 0.416 e. The molecule has 3 rings (SSSR count). The van der Waals surface area contributed by atoms with Gasteiger partial charge < -0.3 is 11.2 Å². The van der Waals surface area contributed by atoms with E-state index in [2.05, 4.69) is 26.0 Å². The molecule has 0 bridgehead atoms. The van der Waals surface area contributed by atoms with Crippen LogP contribution in [0, 0.1) is 0 Å². The van der Waals surface area contributed by atoms with Crippen molar-refractivity contribution in [2.75, 3.05) is 22.3 Å². The van der Waals surface area contributed by atoms with E-state index in [-0.39, 0.29) is 27.6 Å². The fourth-order valence-electron chi connectivity index (χ4n) is 2.44. The second-order valence-corrected chi connectivity index (χ2v) is 7.73. The van der Waals surface area contributed by atoms with Crippen LogP contribution in [0.25, 0.3) is 0 Å². The van der Waals surface area contributed by atoms with Crippen LogP contribution >= 0.6 is 23.4 Å². The van der Waals surface area contributed by atoms with E-state index < -0.39 is 17.6 Å². The Hall–Kier alpha value is -3.25. The lowest BCUT2D eigenvalue weighted by atomic mass is 10.1. The molecule has 0 aliphatic rings. The smallest absolute Gasteiger partial charge is 0.334 e. The number of carbonyl (C=O) groups is 1. The fraction of sp³-hybridized carbons (Fsp3) is 0.158. The number of nitrogens with zero attached hydrogens (tertiary/aromatic N) is 4. The first-order valence-electron chi connectivity index (χ1n) is 9.00. The van der Waals surface area contributed by atoms with Crippen LogP contribution in [-0.4, -0.2) is 32.2 Å². The number of amides is 1. The third-order valence-corrected chi connectivity index (χ3v) is 5.35. The summed E-state index contributed by atoms with van der Waals surface area (Å²) in [6.07, 6.45) is -4.56. The zero-order valence-corrected chi connectivity index (χ0v) is 18.1. The zero-order valence-electron chi connectivity index (χ0n) is 16.5. The lowest BCUT2D eigenvalue weighted by Crippen LogP contribution is -2.17. The molecule has 1 heterocycles. The van der Waals surface area contributed by atoms with E-state index in [0.717, 1.165) is 40.2 Å². The van der Waals surface area contributed by atoms with E-state index in [4.69, 9.17) is 17.4 Å². The van der Waals surface area contributed by atoms with Crippen molar-refractivity contribution in [3.05, 3.63) is 64.7 Å². The Morgan fingerprint density at radius 3 is 2.62 bits per heavy atom. The van der Waals surface area contributed by atoms with Gasteiger partial charge in [0.05, 0.1) is 27.7 Å². The van der Waals surface area contributed by atoms with Crippen LogP contribution in [0.1, 0.15) is 18.1 Å². The number of thioether (sulfide) groups is 1. The van der Waals surface area contributed by atoms with Gasteiger partial charge in [0.2, 0.25) is 11.1 Å². The maximum atomic E-state index is 12.9. The van der Waals surface area contributed by atoms with Gasteiger partial charge in [-0.1, -0.05) is 53.7 Å². The van der Waals surface area contributed by atoms with Crippen LogP contribution in [0.5, 0.6) is 0 Å². The minimum atomic E-state index is -4.56. The Bertz CT molecular complexity index is 1140. The zero-order chi connectivity index (χ0) is 23.3. The van der Waals surface area contributed by atoms with Crippen molar-refractivity contribution in [2.24, 2.45) is 5.10 Å². The number of nitrogens with one attached hydrogen (secondary N) is 2. The topological polar surface area (TPSA) is 110 Å². The van der Waals surface area contributed by atoms with Gasteiger partial charge >= 0.3 is 6.18 Å². The molecule has 3 aromatic rings. The summed E-state index contributed by atoms with van der Waals surface area (Å²) in [6.45, 7) is 1.80. The monoisotopic (exact) mass is 483 g/mol. The van der Waals surface area contributed by atoms with Crippen LogP contribution in [0.3, 0.4) is 0 Å². The molecular weight excluding hydrogens is 467 g/mol. The van der Waals surface area contributed by atoms with Gasteiger partial charge in [0, 0.05) is 0 Å². The molecule has 0 aliphatic carbocycles. The van der Waals surface area contributed by atoms with Crippen LogP contribution in [-0.2, 0) is 11.0 Å². The van der Waals surface area contributed by atoms with E-state index in [1.54, 1.807) is 6.92 Å². The van der Waals surface area contributed by atoms with Crippen molar-refractivity contribution in [1.82, 2.24) is 14.9 Å². The van der Waals surface area contributed by atoms with Crippen molar-refractivity contribution in [2.45, 2.75) is 18.3 Å². The molecule has 0 saturated carbocycles. The number of halogens is 4. The first kappa shape index (κ1) is 23.4. The standard InChI is InChI=1S/C19H17ClF3N7OS/c1-11(12-5-3-2-4-6-12)26-27-17-28-29-18(30(17)24)32-10-16(31)25-15-9-13(19(21,22)23)7-8-14(15)20/h2-9H,10,24H2,1H3,(H,25,31)(H,27,28)/b26-11+. The Kier molecular flexibility index (Phi) is 7.26. The van der Waals surface area contributed by atoms with Crippen LogP contribution in [0.15, 0.2) is 58.8 Å². The summed E-state index contributed by atoms with van der Waals surface area (Å²) in [5, 5.41) is 14.5. The second-order valence-electron chi connectivity index (χ2n) is 6.38. The molecule has 0 radical (unpaired) electrons. The third-order valence-electron chi connectivity index (χ3n) is 4.08. The van der Waals surface area contributed by atoms with Gasteiger partial charge in [-0.3, -0.25) is 4.79 Å². The summed E-state index contributed by atoms with van der Waals surface area (Å²) in [5.74, 6) is 5.29. The van der Waals surface area contributed by atoms with Gasteiger partial charge in [-0.15, -0.1) is 10.2 Å². The lowest BCUT2D eigenvalue weighted by molar-refractivity contribution is -0.137. The molecule has 8 nitrogen and oxygen atoms in total. The number of benzene rings is 2. The number of hydrogen-bond acceptors (Lipinski definition) is 7. The molecule has 1 aromatic heterocycles. The van der Waals surface area contributed by atoms with E-state index in [1.807, 2.05) is 30.3 Å². The number of hydrazone groups is 1. The Morgan fingerprint density at radius 2 is 1.94 bits per heavy atom. The number of carbonyl (C=O) groups excluding carboxylic acids is 1. The van der Waals surface area contributed by atoms with Crippen molar-refractivity contribution in [1.29, 1.82) is 0 Å². The summed E-state index contributed by atoms with van der Waals surface area (Å²) >= 11 is 6.82. The van der Waals surface area contributed by atoms with Crippen LogP contribution < -0.4 is 16.6 Å². The average molecular weight is 484 g/mol. The highest BCUT2D eigenvalue weighted by Gasteiger charge is 2.31. The minimum absolute atomic E-state index is 0.0172. The van der Waals surface area contributed by atoms with Crippen LogP contribution in [0.2, 0.25) is 5.02 Å². The second kappa shape index (κ2) is 9.92. The molecule has 13 heteroatoms. The van der Waals surface area contributed by atoms with Gasteiger partial charge in [0.25, 0.3) is 5.95 Å². The van der Waals surface area contributed by atoms with E-state index in [0.29, 0.717) is 5.71 Å². The highest BCUT2D eigenvalue weighted by molar-refractivity contribution is 7.99. The Labute approximate surface area is 190 Å². The van der Waals surface area contributed by atoms with E-state index >= 15 is 0 Å². The number of rotatable bonds is 7. The lowest BCUT2D eigenvalue weighted by Gasteiger charge is -2.11. The molecule has 32 heavy (non-hydrogen) atoms. The average Bonchev–Trinajstić information content (AvgIpc) is 3.11. The number of hydrogen-bond donors (Lipinski definition) is 3. The maximum absolute atomic E-state index is 12.9. The molecule has 168 valence electrons. The summed E-state index contributed by atoms with van der Waals surface area (Å²) in [4.78, 5) is 12.2. The van der Waals surface area contributed by atoms with Gasteiger partial charge in [0.15, 0.2) is 0 Å². The Morgan fingerprint density at radius 1 is 1.22 bits per heavy atom. The minimum Gasteiger partial charge on any atom is -0.334 e. The molecule has 0 spiro atoms. The predicted molar refractivity (Wildman–Crippen MR) is 118 cm³/mol.